The average Bonchev–Trinajstić information content (AvgIpc) is 2.65. The van der Waals surface area contributed by atoms with E-state index in [1.54, 1.807) is 14.2 Å². The van der Waals surface area contributed by atoms with Crippen LogP contribution in [0.1, 0.15) is 37.8 Å². The molecule has 0 saturated heterocycles. The first-order valence-corrected chi connectivity index (χ1v) is 9.07. The molecule has 0 atom stereocenters. The highest BCUT2D eigenvalue weighted by Crippen LogP contribution is 2.40. The fraction of sp³-hybridized carbons (Fsp3) is 0.391. The van der Waals surface area contributed by atoms with Crippen molar-refractivity contribution in [3.8, 4) is 11.5 Å². The molecule has 0 amide bonds. The number of ether oxygens (including phenoxy) is 2. The van der Waals surface area contributed by atoms with Crippen molar-refractivity contribution in [2.45, 2.75) is 40.0 Å². The highest BCUT2D eigenvalue weighted by Gasteiger charge is 2.17. The Morgan fingerprint density at radius 2 is 1.58 bits per heavy atom. The van der Waals surface area contributed by atoms with Crippen LogP contribution in [0.25, 0.3) is 10.8 Å². The van der Waals surface area contributed by atoms with Gasteiger partial charge in [-0.3, -0.25) is 0 Å². The Bertz CT molecular complexity index is 816. The van der Waals surface area contributed by atoms with Crippen LogP contribution in [0.2, 0.25) is 0 Å². The molecule has 1 N–H and O–H groups in total. The van der Waals surface area contributed by atoms with E-state index in [-0.39, 0.29) is 6.61 Å². The normalized spacial score (nSPS) is 12.5. The summed E-state index contributed by atoms with van der Waals surface area (Å²) in [6.07, 6.45) is 7.11. The molecule has 0 fully saturated rings. The summed E-state index contributed by atoms with van der Waals surface area (Å²) in [5.74, 6) is 1.85. The van der Waals surface area contributed by atoms with Gasteiger partial charge in [-0.15, -0.1) is 0 Å². The number of fused-ring (bicyclic) bond motifs is 1. The van der Waals surface area contributed by atoms with E-state index in [4.69, 9.17) is 14.6 Å². The zero-order valence-electron chi connectivity index (χ0n) is 16.6. The van der Waals surface area contributed by atoms with Gasteiger partial charge in [0.15, 0.2) is 0 Å². The molecular formula is C23H30O3. The van der Waals surface area contributed by atoms with Crippen molar-refractivity contribution in [1.29, 1.82) is 0 Å². The first-order valence-electron chi connectivity index (χ1n) is 9.07. The first-order chi connectivity index (χ1) is 12.5. The average molecular weight is 354 g/mol. The first kappa shape index (κ1) is 20.1. The lowest BCUT2D eigenvalue weighted by molar-refractivity contribution is 0.331. The fourth-order valence-corrected chi connectivity index (χ4v) is 3.28. The Morgan fingerprint density at radius 1 is 0.962 bits per heavy atom. The lowest BCUT2D eigenvalue weighted by atomic mass is 9.95. The number of rotatable bonds is 8. The second-order valence-electron chi connectivity index (χ2n) is 6.72. The Labute approximate surface area is 156 Å². The maximum atomic E-state index is 9.07. The van der Waals surface area contributed by atoms with Crippen LogP contribution in [0.5, 0.6) is 11.5 Å². The van der Waals surface area contributed by atoms with E-state index in [1.165, 1.54) is 11.1 Å². The molecule has 0 radical (unpaired) electrons. The lowest BCUT2D eigenvalue weighted by Crippen LogP contribution is -2.00. The molecule has 0 aliphatic heterocycles. The number of methoxy groups -OCH3 is 2. The molecule has 2 aromatic carbocycles. The quantitative estimate of drug-likeness (QED) is 0.647. The van der Waals surface area contributed by atoms with Crippen molar-refractivity contribution in [3.05, 3.63) is 58.7 Å². The van der Waals surface area contributed by atoms with E-state index >= 15 is 0 Å². The minimum absolute atomic E-state index is 0.135. The second-order valence-corrected chi connectivity index (χ2v) is 6.72. The van der Waals surface area contributed by atoms with E-state index in [2.05, 4.69) is 38.1 Å². The van der Waals surface area contributed by atoms with Gasteiger partial charge in [0.25, 0.3) is 0 Å². The molecule has 0 unspecified atom stereocenters. The standard InChI is InChI=1S/C23H30O3/c1-16(9-8-10-17(2)15-24)13-14-19-18(3)22(25-4)20-11-6-7-12-21(20)23(19)26-5/h6-7,10-13,24H,8-9,14-15H2,1-5H3. The van der Waals surface area contributed by atoms with Crippen LogP contribution in [0, 0.1) is 6.92 Å². The van der Waals surface area contributed by atoms with Crippen molar-refractivity contribution in [1.82, 2.24) is 0 Å². The molecule has 3 nitrogen and oxygen atoms in total. The minimum Gasteiger partial charge on any atom is -0.496 e. The van der Waals surface area contributed by atoms with Crippen molar-refractivity contribution in [2.24, 2.45) is 0 Å². The second kappa shape index (κ2) is 9.44. The maximum absolute atomic E-state index is 9.07. The molecular weight excluding hydrogens is 324 g/mol. The monoisotopic (exact) mass is 354 g/mol. The molecule has 2 aromatic rings. The predicted molar refractivity (Wildman–Crippen MR) is 109 cm³/mol. The Kier molecular flexibility index (Phi) is 7.28. The summed E-state index contributed by atoms with van der Waals surface area (Å²) in [6, 6.07) is 8.21. The molecule has 0 aliphatic carbocycles. The molecule has 0 spiro atoms. The number of aliphatic hydroxyl groups excluding tert-OH is 1. The summed E-state index contributed by atoms with van der Waals surface area (Å²) in [7, 11) is 3.46. The molecule has 26 heavy (non-hydrogen) atoms. The van der Waals surface area contributed by atoms with Crippen LogP contribution in [0.3, 0.4) is 0 Å². The molecule has 3 heteroatoms. The molecule has 0 aliphatic rings. The van der Waals surface area contributed by atoms with Gasteiger partial charge in [-0.25, -0.2) is 0 Å². The van der Waals surface area contributed by atoms with Gasteiger partial charge < -0.3 is 14.6 Å². The van der Waals surface area contributed by atoms with Crippen LogP contribution in [0.15, 0.2) is 47.6 Å². The number of benzene rings is 2. The van der Waals surface area contributed by atoms with Gasteiger partial charge in [0, 0.05) is 16.3 Å². The largest absolute Gasteiger partial charge is 0.496 e. The number of aliphatic hydroxyl groups is 1. The third-order valence-electron chi connectivity index (χ3n) is 4.83. The van der Waals surface area contributed by atoms with Crippen LogP contribution in [0.4, 0.5) is 0 Å². The molecule has 2 rings (SSSR count). The van der Waals surface area contributed by atoms with Gasteiger partial charge in [-0.1, -0.05) is 47.6 Å². The zero-order valence-corrected chi connectivity index (χ0v) is 16.6. The zero-order chi connectivity index (χ0) is 19.1. The third-order valence-corrected chi connectivity index (χ3v) is 4.83. The smallest absolute Gasteiger partial charge is 0.130 e. The molecule has 140 valence electrons. The molecule has 0 aromatic heterocycles. The van der Waals surface area contributed by atoms with Crippen LogP contribution in [-0.4, -0.2) is 25.9 Å². The van der Waals surface area contributed by atoms with Crippen LogP contribution < -0.4 is 9.47 Å². The van der Waals surface area contributed by atoms with E-state index in [1.807, 2.05) is 19.1 Å². The van der Waals surface area contributed by atoms with Crippen LogP contribution in [-0.2, 0) is 6.42 Å². The number of hydrogen-bond acceptors (Lipinski definition) is 3. The Hall–Kier alpha value is -2.26. The minimum atomic E-state index is 0.135. The summed E-state index contributed by atoms with van der Waals surface area (Å²) >= 11 is 0. The van der Waals surface area contributed by atoms with Gasteiger partial charge in [0.2, 0.25) is 0 Å². The SMILES string of the molecule is COc1c(C)c(CC=C(C)CCC=C(C)CO)c(OC)c2ccccc12. The molecule has 0 bridgehead atoms. The van der Waals surface area contributed by atoms with Crippen molar-refractivity contribution in [2.75, 3.05) is 20.8 Å². The summed E-state index contributed by atoms with van der Waals surface area (Å²) in [5.41, 5.74) is 4.66. The van der Waals surface area contributed by atoms with Crippen molar-refractivity contribution in [3.63, 3.8) is 0 Å². The molecule has 0 saturated carbocycles. The maximum Gasteiger partial charge on any atom is 0.130 e. The van der Waals surface area contributed by atoms with Gasteiger partial charge in [0.1, 0.15) is 11.5 Å². The summed E-state index contributed by atoms with van der Waals surface area (Å²) < 4.78 is 11.5. The summed E-state index contributed by atoms with van der Waals surface area (Å²) in [6.45, 7) is 6.34. The van der Waals surface area contributed by atoms with E-state index < -0.39 is 0 Å². The fourth-order valence-electron chi connectivity index (χ4n) is 3.28. The highest BCUT2D eigenvalue weighted by atomic mass is 16.5. The summed E-state index contributed by atoms with van der Waals surface area (Å²) in [5, 5.41) is 11.2. The van der Waals surface area contributed by atoms with Gasteiger partial charge in [-0.05, 0) is 45.6 Å². The summed E-state index contributed by atoms with van der Waals surface area (Å²) in [4.78, 5) is 0. The van der Waals surface area contributed by atoms with E-state index in [9.17, 15) is 0 Å². The Balaban J connectivity index is 2.34. The third kappa shape index (κ3) is 4.47. The number of hydrogen-bond donors (Lipinski definition) is 1. The van der Waals surface area contributed by atoms with Gasteiger partial charge >= 0.3 is 0 Å². The number of allylic oxidation sites excluding steroid dienone is 3. The van der Waals surface area contributed by atoms with Gasteiger partial charge in [0.05, 0.1) is 20.8 Å². The highest BCUT2D eigenvalue weighted by molar-refractivity contribution is 5.96. The topological polar surface area (TPSA) is 38.7 Å². The van der Waals surface area contributed by atoms with Crippen molar-refractivity contribution >= 4 is 10.8 Å². The van der Waals surface area contributed by atoms with Crippen molar-refractivity contribution < 1.29 is 14.6 Å². The predicted octanol–water partition coefficient (Wildman–Crippen LogP) is 5.37. The lowest BCUT2D eigenvalue weighted by Gasteiger charge is -2.18. The van der Waals surface area contributed by atoms with E-state index in [0.29, 0.717) is 0 Å². The van der Waals surface area contributed by atoms with Crippen LogP contribution >= 0.6 is 0 Å². The molecule has 0 heterocycles. The van der Waals surface area contributed by atoms with Gasteiger partial charge in [-0.2, -0.15) is 0 Å². The Morgan fingerprint density at radius 3 is 2.15 bits per heavy atom. The van der Waals surface area contributed by atoms with E-state index in [0.717, 1.165) is 52.7 Å².